The van der Waals surface area contributed by atoms with Crippen LogP contribution in [0.3, 0.4) is 0 Å². The molecular weight excluding hydrogens is 1320 g/mol. The lowest BCUT2D eigenvalue weighted by molar-refractivity contribution is -0.287. The van der Waals surface area contributed by atoms with E-state index in [2.05, 4.69) is 18.9 Å². The van der Waals surface area contributed by atoms with Gasteiger partial charge < -0.3 is 52.1 Å². The van der Waals surface area contributed by atoms with Gasteiger partial charge in [0, 0.05) is 45.8 Å². The molecule has 20 heteroatoms. The molecule has 8 aromatic carbocycles. The molecule has 2 fully saturated rings. The van der Waals surface area contributed by atoms with Crippen molar-refractivity contribution in [3.8, 4) is 23.0 Å². The number of fused-ring (bicyclic) bond motifs is 4. The number of alkyl halides is 4. The van der Waals surface area contributed by atoms with Crippen LogP contribution in [-0.2, 0) is 107 Å². The molecule has 2 saturated carbocycles. The maximum Gasteiger partial charge on any atom is 0.586 e. The van der Waals surface area contributed by atoms with E-state index in [9.17, 15) is 37.1 Å². The highest BCUT2D eigenvalue weighted by molar-refractivity contribution is 5.97. The van der Waals surface area contributed by atoms with Gasteiger partial charge in [0.25, 0.3) is 0 Å². The molecule has 1 N–H and O–H groups in total. The average Bonchev–Trinajstić information content (AvgIpc) is 1.63. The molecule has 0 spiro atoms. The lowest BCUT2D eigenvalue weighted by Crippen LogP contribution is -2.30. The quantitative estimate of drug-likeness (QED) is 0.0426. The fourth-order valence-corrected chi connectivity index (χ4v) is 13.0. The Kier molecular flexibility index (Phi) is 17.1. The fraction of sp³-hybridized carbons (Fsp3) is 0.329. The normalized spacial score (nSPS) is 18.2. The van der Waals surface area contributed by atoms with Crippen LogP contribution in [0.15, 0.2) is 194 Å². The van der Waals surface area contributed by atoms with Gasteiger partial charge >= 0.3 is 12.6 Å². The molecule has 0 bridgehead atoms. The van der Waals surface area contributed by atoms with Gasteiger partial charge in [-0.2, -0.15) is 0 Å². The number of Topliss-reactive ketones (excluding diaryl/α,β-unsaturated/α-hetero) is 3. The van der Waals surface area contributed by atoms with E-state index in [-0.39, 0.29) is 107 Å². The zero-order valence-corrected chi connectivity index (χ0v) is 56.1. The molecule has 2 aliphatic carbocycles. The predicted octanol–water partition coefficient (Wildman–Crippen LogP) is 16.2. The second kappa shape index (κ2) is 29.0. The van der Waals surface area contributed by atoms with Crippen LogP contribution in [0.4, 0.5) is 26.3 Å². The number of carbonyl (C=O) groups excluding carboxylic acids is 3. The Morgan fingerprint density at radius 1 is 0.500 bits per heavy atom. The number of aliphatic hydroxyl groups is 1. The van der Waals surface area contributed by atoms with Crippen LogP contribution in [0.1, 0.15) is 122 Å². The van der Waals surface area contributed by atoms with Crippen LogP contribution in [0.5, 0.6) is 23.0 Å². The molecular formula is C82H78F6N2O12. The smallest absolute Gasteiger partial charge is 0.395 e. The SMILES string of the molecule is [2H]C(O)(Cn1c(C(C)(C)C([2H])([2H])OCc2ccccc2)cc2cc(CC(=O)C3(c4ccc5c(c4)OC(F)(F)O5)CC3)c(F)cc21)C([2H])([2H])OCc1ccccc1.[2H]C([2H])(OCc1ccccc1)C(=O)Cn1c(C(C)(C)C([2H])([2H])OCc2ccccc2)cc2cc(CC(=O)C3(c4ccc5c(c4)OC(F)(F)O5)CC3)c(F)cc21. The van der Waals surface area contributed by atoms with Crippen molar-refractivity contribution in [2.24, 2.45) is 0 Å². The zero-order valence-electron chi connectivity index (χ0n) is 65.1. The molecule has 530 valence electrons. The minimum atomic E-state index is -3.83. The summed E-state index contributed by atoms with van der Waals surface area (Å²) in [6, 6.07) is 52.0. The number of ether oxygens (including phenoxy) is 8. The van der Waals surface area contributed by atoms with Crippen molar-refractivity contribution in [2.75, 3.05) is 26.2 Å². The highest BCUT2D eigenvalue weighted by atomic mass is 19.3. The number of hydrogen-bond acceptors (Lipinski definition) is 12. The van der Waals surface area contributed by atoms with Crippen LogP contribution in [-0.4, -0.2) is 76.5 Å². The maximum absolute atomic E-state index is 16.2. The monoisotopic (exact) mass is 1410 g/mol. The Morgan fingerprint density at radius 3 is 1.28 bits per heavy atom. The van der Waals surface area contributed by atoms with E-state index in [0.29, 0.717) is 64.3 Å². The second-order valence-electron chi connectivity index (χ2n) is 26.9. The van der Waals surface area contributed by atoms with Crippen molar-refractivity contribution in [3.05, 3.63) is 262 Å². The summed E-state index contributed by atoms with van der Waals surface area (Å²) in [6.45, 7) is -6.29. The summed E-state index contributed by atoms with van der Waals surface area (Å²) in [4.78, 5) is 41.3. The first-order valence-corrected chi connectivity index (χ1v) is 33.1. The van der Waals surface area contributed by atoms with E-state index in [4.69, 9.17) is 31.3 Å². The molecule has 2 aromatic heterocycles. The number of rotatable bonds is 30. The van der Waals surface area contributed by atoms with Gasteiger partial charge in [0.15, 0.2) is 28.8 Å². The van der Waals surface area contributed by atoms with E-state index in [1.807, 2.05) is 12.1 Å². The van der Waals surface area contributed by atoms with Gasteiger partial charge in [0.1, 0.15) is 29.8 Å². The lowest BCUT2D eigenvalue weighted by atomic mass is 9.87. The third kappa shape index (κ3) is 16.0. The molecule has 10 aromatic rings. The molecule has 1 atom stereocenters. The fourth-order valence-electron chi connectivity index (χ4n) is 13.0. The Labute approximate surface area is 599 Å². The molecule has 0 amide bonds. The molecule has 102 heavy (non-hydrogen) atoms. The first kappa shape index (κ1) is 60.1. The van der Waals surface area contributed by atoms with Gasteiger partial charge in [-0.1, -0.05) is 161 Å². The number of nitrogens with zero attached hydrogens (tertiary/aromatic N) is 2. The summed E-state index contributed by atoms with van der Waals surface area (Å²) < 4.78 is 209. The van der Waals surface area contributed by atoms with Crippen LogP contribution in [0.2, 0.25) is 0 Å². The second-order valence-corrected chi connectivity index (χ2v) is 26.9. The summed E-state index contributed by atoms with van der Waals surface area (Å²) >= 11 is 0. The minimum absolute atomic E-state index is 0.00792. The Morgan fingerprint density at radius 2 is 0.873 bits per heavy atom. The Hall–Kier alpha value is -9.57. The topological polar surface area (TPSA) is 155 Å². The van der Waals surface area contributed by atoms with Crippen molar-refractivity contribution in [1.29, 1.82) is 0 Å². The van der Waals surface area contributed by atoms with Gasteiger partial charge in [0.05, 0.1) is 99.5 Å². The van der Waals surface area contributed by atoms with E-state index in [1.54, 1.807) is 149 Å². The van der Waals surface area contributed by atoms with E-state index in [1.165, 1.54) is 57.7 Å². The average molecular weight is 1410 g/mol. The van der Waals surface area contributed by atoms with Crippen molar-refractivity contribution in [1.82, 2.24) is 9.13 Å². The standard InChI is InChI=1S/C41H40F3NO6.C41H38F3NO6/c2*1-39(2,26-49-24-28-11-7-4-8-12-28)37-18-30-17-29(19-38(47)40(15-16-40)31-13-14-35-36(20-31)51-41(43,44)50-35)33(42)21-34(30)45(37)22-32(46)25-48-23-27-9-5-3-6-10-27/h3-14,17-18,20-21,32,46H,15-16,19,22-26H2,1-2H3;3-14,17-18,20-21H,15-16,19,22-26H2,1-2H3/i25D2,26D2,32D;25D2,26D2. The first-order valence-electron chi connectivity index (χ1n) is 37.6. The largest absolute Gasteiger partial charge is 0.586 e. The molecule has 4 heterocycles. The summed E-state index contributed by atoms with van der Waals surface area (Å²) in [7, 11) is 0. The van der Waals surface area contributed by atoms with Gasteiger partial charge in [-0.05, 0) is 131 Å². The third-order valence-electron chi connectivity index (χ3n) is 18.6. The Balaban J connectivity index is 0.000000195. The van der Waals surface area contributed by atoms with Gasteiger partial charge in [-0.3, -0.25) is 14.4 Å². The number of benzene rings is 8. The van der Waals surface area contributed by atoms with Crippen molar-refractivity contribution < 1.29 is 96.1 Å². The molecule has 14 nitrogen and oxygen atoms in total. The highest BCUT2D eigenvalue weighted by Crippen LogP contribution is 2.55. The third-order valence-corrected chi connectivity index (χ3v) is 18.6. The van der Waals surface area contributed by atoms with E-state index < -0.39 is 97.1 Å². The number of hydrogen-bond donors (Lipinski definition) is 1. The van der Waals surface area contributed by atoms with Crippen LogP contribution < -0.4 is 18.9 Å². The summed E-state index contributed by atoms with van der Waals surface area (Å²) in [6.07, 6.45) is -9.66. The molecule has 2 aliphatic heterocycles. The van der Waals surface area contributed by atoms with Gasteiger partial charge in [-0.15, -0.1) is 17.6 Å². The van der Waals surface area contributed by atoms with E-state index in [0.717, 1.165) is 17.7 Å². The van der Waals surface area contributed by atoms with Gasteiger partial charge in [0.2, 0.25) is 0 Å². The van der Waals surface area contributed by atoms with Crippen LogP contribution >= 0.6 is 0 Å². The lowest BCUT2D eigenvalue weighted by Gasteiger charge is -2.28. The minimum Gasteiger partial charge on any atom is -0.395 e. The molecule has 14 rings (SSSR count). The van der Waals surface area contributed by atoms with Crippen molar-refractivity contribution in [3.63, 3.8) is 0 Å². The van der Waals surface area contributed by atoms with Crippen LogP contribution in [0.25, 0.3) is 21.8 Å². The highest BCUT2D eigenvalue weighted by Gasteiger charge is 2.54. The predicted molar refractivity (Wildman–Crippen MR) is 370 cm³/mol. The van der Waals surface area contributed by atoms with Crippen molar-refractivity contribution >= 4 is 39.2 Å². The number of carbonyl (C=O) groups is 3. The zero-order chi connectivity index (χ0) is 79.7. The Bertz CT molecular complexity index is 5160. The molecule has 1 unspecified atom stereocenters. The number of aromatic nitrogens is 2. The summed E-state index contributed by atoms with van der Waals surface area (Å²) in [5, 5.41) is 12.2. The van der Waals surface area contributed by atoms with Crippen molar-refractivity contribution in [2.45, 2.75) is 146 Å². The number of ketones is 3. The maximum atomic E-state index is 16.2. The summed E-state index contributed by atoms with van der Waals surface area (Å²) in [5.74, 6) is -3.96. The molecule has 0 radical (unpaired) electrons. The number of halogens is 6. The first-order chi connectivity index (χ1) is 52.1. The molecule has 4 aliphatic rings. The van der Waals surface area contributed by atoms with Gasteiger partial charge in [-0.25, -0.2) is 8.78 Å². The van der Waals surface area contributed by atoms with E-state index >= 15 is 8.78 Å². The molecule has 0 saturated heterocycles. The van der Waals surface area contributed by atoms with Crippen LogP contribution in [0, 0.1) is 11.6 Å². The summed E-state index contributed by atoms with van der Waals surface area (Å²) in [5.41, 5.74) is -0.887.